The second-order valence-corrected chi connectivity index (χ2v) is 8.65. The fourth-order valence-electron chi connectivity index (χ4n) is 2.91. The van der Waals surface area contributed by atoms with Crippen LogP contribution in [0.4, 0.5) is 0 Å². The van der Waals surface area contributed by atoms with Crippen molar-refractivity contribution in [1.29, 1.82) is 0 Å². The van der Waals surface area contributed by atoms with E-state index in [0.29, 0.717) is 6.54 Å². The molecule has 5 nitrogen and oxygen atoms in total. The maximum Gasteiger partial charge on any atom is 0.194 e. The van der Waals surface area contributed by atoms with Crippen LogP contribution >= 0.6 is 46.7 Å². The van der Waals surface area contributed by atoms with Crippen molar-refractivity contribution < 1.29 is 0 Å². The Hall–Kier alpha value is -0.740. The Morgan fingerprint density at radius 3 is 2.56 bits per heavy atom. The Balaban J connectivity index is 0.00000225. The van der Waals surface area contributed by atoms with E-state index in [1.165, 1.54) is 39.7 Å². The number of aliphatic imine (C=N–C) groups is 1. The Morgan fingerprint density at radius 1 is 1.16 bits per heavy atom. The third-order valence-electron chi connectivity index (χ3n) is 4.31. The summed E-state index contributed by atoms with van der Waals surface area (Å²) in [5.74, 6) is 0.883. The van der Waals surface area contributed by atoms with Crippen LogP contribution in [-0.2, 0) is 25.9 Å². The number of halogens is 1. The summed E-state index contributed by atoms with van der Waals surface area (Å²) in [6.07, 6.45) is 4.93. The Bertz CT molecular complexity index is 694. The number of nitrogens with zero attached hydrogens (tertiary/aromatic N) is 4. The summed E-state index contributed by atoms with van der Waals surface area (Å²) >= 11 is 3.61. The van der Waals surface area contributed by atoms with E-state index >= 15 is 0 Å². The number of hydrogen-bond acceptors (Lipinski definition) is 5. The second-order valence-electron chi connectivity index (χ2n) is 6.19. The molecule has 2 heterocycles. The van der Waals surface area contributed by atoms with Gasteiger partial charge >= 0.3 is 0 Å². The molecule has 0 saturated heterocycles. The topological polar surface area (TPSA) is 53.4 Å². The van der Waals surface area contributed by atoms with E-state index in [-0.39, 0.29) is 24.0 Å². The number of rotatable bonds is 4. The van der Waals surface area contributed by atoms with E-state index in [1.807, 2.05) is 18.4 Å². The van der Waals surface area contributed by atoms with Crippen LogP contribution in [0, 0.1) is 13.8 Å². The lowest BCUT2D eigenvalue weighted by Crippen LogP contribution is -2.38. The molecule has 0 saturated carbocycles. The van der Waals surface area contributed by atoms with Crippen molar-refractivity contribution >= 4 is 52.6 Å². The van der Waals surface area contributed by atoms with Gasteiger partial charge in [-0.1, -0.05) is 0 Å². The molecule has 1 N–H and O–H groups in total. The van der Waals surface area contributed by atoms with Crippen molar-refractivity contribution in [3.8, 4) is 0 Å². The number of aryl methyl sites for hydroxylation is 4. The Kier molecular flexibility index (Phi) is 7.63. The molecule has 8 heteroatoms. The zero-order chi connectivity index (χ0) is 17.1. The Morgan fingerprint density at radius 2 is 1.92 bits per heavy atom. The van der Waals surface area contributed by atoms with Crippen LogP contribution in [0.1, 0.15) is 44.0 Å². The van der Waals surface area contributed by atoms with Gasteiger partial charge in [0.25, 0.3) is 0 Å². The fourth-order valence-corrected chi connectivity index (χ4v) is 4.99. The van der Waals surface area contributed by atoms with E-state index in [0.717, 1.165) is 29.6 Å². The van der Waals surface area contributed by atoms with Gasteiger partial charge in [0.2, 0.25) is 0 Å². The highest BCUT2D eigenvalue weighted by molar-refractivity contribution is 14.0. The van der Waals surface area contributed by atoms with Gasteiger partial charge in [0, 0.05) is 23.8 Å². The van der Waals surface area contributed by atoms with Gasteiger partial charge in [-0.15, -0.1) is 46.7 Å². The summed E-state index contributed by atoms with van der Waals surface area (Å²) in [5.41, 5.74) is 2.44. The van der Waals surface area contributed by atoms with E-state index < -0.39 is 0 Å². The van der Waals surface area contributed by atoms with Crippen molar-refractivity contribution in [2.24, 2.45) is 4.99 Å². The van der Waals surface area contributed by atoms with E-state index in [9.17, 15) is 0 Å². The van der Waals surface area contributed by atoms with Crippen molar-refractivity contribution in [2.75, 3.05) is 14.1 Å². The molecule has 0 unspecified atom stereocenters. The monoisotopic (exact) mass is 491 g/mol. The van der Waals surface area contributed by atoms with Crippen molar-refractivity contribution in [1.82, 2.24) is 20.2 Å². The third kappa shape index (κ3) is 5.13. The highest BCUT2D eigenvalue weighted by Gasteiger charge is 2.17. The van der Waals surface area contributed by atoms with Crippen LogP contribution in [0.5, 0.6) is 0 Å². The molecular weight excluding hydrogens is 465 g/mol. The van der Waals surface area contributed by atoms with E-state index in [4.69, 9.17) is 4.98 Å². The minimum absolute atomic E-state index is 0. The molecule has 2 aromatic heterocycles. The minimum Gasteiger partial charge on any atom is -0.350 e. The number of guanidine groups is 1. The van der Waals surface area contributed by atoms with Crippen molar-refractivity contribution in [3.63, 3.8) is 0 Å². The third-order valence-corrected chi connectivity index (χ3v) is 6.52. The molecule has 0 fully saturated rings. The summed E-state index contributed by atoms with van der Waals surface area (Å²) in [6, 6.07) is 0. The lowest BCUT2D eigenvalue weighted by atomic mass is 10.0. The van der Waals surface area contributed by atoms with Crippen LogP contribution in [0.3, 0.4) is 0 Å². The molecule has 0 atom stereocenters. The Labute approximate surface area is 175 Å². The number of thiazole rings is 2. The SMILES string of the molecule is CN=C(NCc1nc(C)c(C)s1)N(C)Cc1nc2c(s1)CCCC2.I. The van der Waals surface area contributed by atoms with Crippen LogP contribution in [-0.4, -0.2) is 34.9 Å². The largest absolute Gasteiger partial charge is 0.350 e. The first kappa shape index (κ1) is 20.6. The molecule has 3 rings (SSSR count). The molecule has 0 bridgehead atoms. The van der Waals surface area contributed by atoms with Crippen LogP contribution in [0.15, 0.2) is 4.99 Å². The first-order valence-electron chi connectivity index (χ1n) is 8.39. The molecule has 0 radical (unpaired) electrons. The van der Waals surface area contributed by atoms with Gasteiger partial charge in [-0.2, -0.15) is 0 Å². The highest BCUT2D eigenvalue weighted by Crippen LogP contribution is 2.27. The molecule has 0 amide bonds. The quantitative estimate of drug-likeness (QED) is 0.400. The van der Waals surface area contributed by atoms with Gasteiger partial charge in [0.15, 0.2) is 5.96 Å². The molecule has 1 aliphatic carbocycles. The van der Waals surface area contributed by atoms with Crippen molar-refractivity contribution in [2.45, 2.75) is 52.6 Å². The summed E-state index contributed by atoms with van der Waals surface area (Å²) < 4.78 is 0. The van der Waals surface area contributed by atoms with Crippen LogP contribution < -0.4 is 5.32 Å². The minimum atomic E-state index is 0. The summed E-state index contributed by atoms with van der Waals surface area (Å²) in [7, 11) is 3.89. The number of aromatic nitrogens is 2. The summed E-state index contributed by atoms with van der Waals surface area (Å²) in [5, 5.41) is 5.70. The number of fused-ring (bicyclic) bond motifs is 1. The predicted molar refractivity (Wildman–Crippen MR) is 117 cm³/mol. The lowest BCUT2D eigenvalue weighted by molar-refractivity contribution is 0.474. The molecule has 0 aromatic carbocycles. The second kappa shape index (κ2) is 9.27. The van der Waals surface area contributed by atoms with Gasteiger partial charge in [0.05, 0.1) is 24.5 Å². The van der Waals surface area contributed by atoms with Gasteiger partial charge in [-0.05, 0) is 39.5 Å². The molecule has 0 aliphatic heterocycles. The maximum atomic E-state index is 4.82. The van der Waals surface area contributed by atoms with Gasteiger partial charge in [-0.25, -0.2) is 9.97 Å². The zero-order valence-corrected chi connectivity index (χ0v) is 19.2. The predicted octanol–water partition coefficient (Wildman–Crippen LogP) is 3.92. The standard InChI is InChI=1S/C17H25N5S2.HI/c1-11-12(2)23-15(20-11)9-19-17(18-3)22(4)10-16-21-13-7-5-6-8-14(13)24-16;/h5-10H2,1-4H3,(H,18,19);1H. The smallest absolute Gasteiger partial charge is 0.194 e. The van der Waals surface area contributed by atoms with Gasteiger partial charge in [-0.3, -0.25) is 4.99 Å². The van der Waals surface area contributed by atoms with E-state index in [1.54, 1.807) is 11.3 Å². The summed E-state index contributed by atoms with van der Waals surface area (Å²) in [6.45, 7) is 5.68. The molecule has 1 aliphatic rings. The molecule has 25 heavy (non-hydrogen) atoms. The maximum absolute atomic E-state index is 4.82. The first-order chi connectivity index (χ1) is 11.6. The van der Waals surface area contributed by atoms with Crippen LogP contribution in [0.25, 0.3) is 0 Å². The molecular formula is C17H26IN5S2. The van der Waals surface area contributed by atoms with E-state index in [2.05, 4.69) is 41.1 Å². The lowest BCUT2D eigenvalue weighted by Gasteiger charge is -2.20. The first-order valence-corrected chi connectivity index (χ1v) is 10.0. The fraction of sp³-hybridized carbons (Fsp3) is 0.588. The van der Waals surface area contributed by atoms with Crippen LogP contribution in [0.2, 0.25) is 0 Å². The molecule has 0 spiro atoms. The average molecular weight is 491 g/mol. The van der Waals surface area contributed by atoms with Crippen molar-refractivity contribution in [3.05, 3.63) is 31.2 Å². The number of nitrogens with one attached hydrogen (secondary N) is 1. The average Bonchev–Trinajstić information content (AvgIpc) is 3.10. The zero-order valence-electron chi connectivity index (χ0n) is 15.3. The highest BCUT2D eigenvalue weighted by atomic mass is 127. The molecule has 2 aromatic rings. The van der Waals surface area contributed by atoms with Gasteiger partial charge < -0.3 is 10.2 Å². The normalized spacial score (nSPS) is 14.0. The number of hydrogen-bond donors (Lipinski definition) is 1. The molecule has 138 valence electrons. The summed E-state index contributed by atoms with van der Waals surface area (Å²) in [4.78, 5) is 18.7. The van der Waals surface area contributed by atoms with Gasteiger partial charge in [0.1, 0.15) is 10.0 Å².